The van der Waals surface area contributed by atoms with Crippen molar-refractivity contribution in [2.24, 2.45) is 0 Å². The van der Waals surface area contributed by atoms with Crippen molar-refractivity contribution >= 4 is 28.3 Å². The Kier molecular flexibility index (Phi) is 3.80. The Labute approximate surface area is 142 Å². The number of imidazole rings is 1. The van der Waals surface area contributed by atoms with Crippen molar-refractivity contribution in [3.8, 4) is 10.6 Å². The van der Waals surface area contributed by atoms with Gasteiger partial charge in [0.15, 0.2) is 0 Å². The fraction of sp³-hybridized carbons (Fsp3) is 0.0556. The number of hydrogen-bond donors (Lipinski definition) is 2. The number of nitrogens with one attached hydrogen (secondary N) is 2. The first-order chi connectivity index (χ1) is 11.8. The van der Waals surface area contributed by atoms with Crippen molar-refractivity contribution in [3.63, 3.8) is 0 Å². The Balaban J connectivity index is 1.48. The van der Waals surface area contributed by atoms with Crippen molar-refractivity contribution < 1.29 is 4.79 Å². The SMILES string of the molecule is O=C(NCc1ccnc(-c2cccs2)c1)c1ccc2nc[nH]c2c1. The third-order valence-corrected chi connectivity index (χ3v) is 4.63. The lowest BCUT2D eigenvalue weighted by Gasteiger charge is -2.06. The molecular formula is C18H14N4OS. The summed E-state index contributed by atoms with van der Waals surface area (Å²) in [5.74, 6) is -0.110. The fourth-order valence-electron chi connectivity index (χ4n) is 2.50. The molecule has 0 aliphatic carbocycles. The van der Waals surface area contributed by atoms with Crippen LogP contribution >= 0.6 is 11.3 Å². The molecule has 5 nitrogen and oxygen atoms in total. The van der Waals surface area contributed by atoms with Gasteiger partial charge in [-0.2, -0.15) is 0 Å². The number of hydrogen-bond acceptors (Lipinski definition) is 4. The van der Waals surface area contributed by atoms with Gasteiger partial charge >= 0.3 is 0 Å². The van der Waals surface area contributed by atoms with Gasteiger partial charge in [0.1, 0.15) is 0 Å². The molecule has 6 heteroatoms. The Morgan fingerprint density at radius 3 is 3.00 bits per heavy atom. The van der Waals surface area contributed by atoms with Gasteiger partial charge in [0.05, 0.1) is 27.9 Å². The predicted octanol–water partition coefficient (Wildman–Crippen LogP) is 3.62. The lowest BCUT2D eigenvalue weighted by molar-refractivity contribution is 0.0951. The molecule has 3 aromatic heterocycles. The van der Waals surface area contributed by atoms with Gasteiger partial charge in [-0.1, -0.05) is 6.07 Å². The van der Waals surface area contributed by atoms with Crippen LogP contribution in [-0.4, -0.2) is 20.9 Å². The Morgan fingerprint density at radius 1 is 1.17 bits per heavy atom. The first kappa shape index (κ1) is 14.6. The molecule has 4 aromatic rings. The summed E-state index contributed by atoms with van der Waals surface area (Å²) in [7, 11) is 0. The summed E-state index contributed by atoms with van der Waals surface area (Å²) in [4.78, 5) is 25.0. The van der Waals surface area contributed by atoms with Gasteiger partial charge in [-0.15, -0.1) is 11.3 Å². The zero-order chi connectivity index (χ0) is 16.4. The van der Waals surface area contributed by atoms with Gasteiger partial charge in [-0.3, -0.25) is 9.78 Å². The second kappa shape index (κ2) is 6.25. The molecule has 0 unspecified atom stereocenters. The highest BCUT2D eigenvalue weighted by atomic mass is 32.1. The molecule has 0 aliphatic rings. The number of aromatic nitrogens is 3. The summed E-state index contributed by atoms with van der Waals surface area (Å²) in [6.45, 7) is 0.459. The molecule has 0 fully saturated rings. The molecule has 1 amide bonds. The van der Waals surface area contributed by atoms with E-state index in [9.17, 15) is 4.79 Å². The molecule has 0 saturated carbocycles. The van der Waals surface area contributed by atoms with Crippen LogP contribution < -0.4 is 5.32 Å². The minimum absolute atomic E-state index is 0.110. The fourth-order valence-corrected chi connectivity index (χ4v) is 3.20. The number of carbonyl (C=O) groups excluding carboxylic acids is 1. The molecule has 4 rings (SSSR count). The van der Waals surface area contributed by atoms with Crippen LogP contribution in [-0.2, 0) is 6.54 Å². The van der Waals surface area contributed by atoms with Crippen molar-refractivity contribution in [2.75, 3.05) is 0 Å². The third kappa shape index (κ3) is 2.91. The number of nitrogens with zero attached hydrogens (tertiary/aromatic N) is 2. The first-order valence-corrected chi connectivity index (χ1v) is 8.38. The molecule has 118 valence electrons. The predicted molar refractivity (Wildman–Crippen MR) is 94.8 cm³/mol. The molecule has 24 heavy (non-hydrogen) atoms. The van der Waals surface area contributed by atoms with E-state index in [1.165, 1.54) is 0 Å². The van der Waals surface area contributed by atoms with E-state index in [2.05, 4.69) is 20.3 Å². The lowest BCUT2D eigenvalue weighted by Crippen LogP contribution is -2.22. The first-order valence-electron chi connectivity index (χ1n) is 7.50. The van der Waals surface area contributed by atoms with Crippen LogP contribution in [0.4, 0.5) is 0 Å². The summed E-state index contributed by atoms with van der Waals surface area (Å²) in [6, 6.07) is 13.4. The van der Waals surface area contributed by atoms with Crippen molar-refractivity contribution in [1.82, 2.24) is 20.3 Å². The zero-order valence-corrected chi connectivity index (χ0v) is 13.5. The van der Waals surface area contributed by atoms with Crippen LogP contribution in [0.15, 0.2) is 60.4 Å². The average Bonchev–Trinajstić information content (AvgIpc) is 3.30. The smallest absolute Gasteiger partial charge is 0.251 e. The lowest BCUT2D eigenvalue weighted by atomic mass is 10.1. The molecule has 3 heterocycles. The molecule has 0 saturated heterocycles. The molecule has 0 bridgehead atoms. The van der Waals surface area contributed by atoms with E-state index < -0.39 is 0 Å². The molecule has 0 aliphatic heterocycles. The van der Waals surface area contributed by atoms with Gasteiger partial charge in [0, 0.05) is 18.3 Å². The van der Waals surface area contributed by atoms with Crippen molar-refractivity contribution in [3.05, 3.63) is 71.5 Å². The molecule has 1 aromatic carbocycles. The van der Waals surface area contributed by atoms with E-state index in [1.54, 1.807) is 36.0 Å². The van der Waals surface area contributed by atoms with E-state index in [4.69, 9.17) is 0 Å². The summed E-state index contributed by atoms with van der Waals surface area (Å²) in [5, 5.41) is 4.97. The number of aromatic amines is 1. The van der Waals surface area contributed by atoms with Crippen LogP contribution in [0.25, 0.3) is 21.6 Å². The monoisotopic (exact) mass is 334 g/mol. The van der Waals surface area contributed by atoms with Crippen LogP contribution in [0.1, 0.15) is 15.9 Å². The number of rotatable bonds is 4. The van der Waals surface area contributed by atoms with Crippen molar-refractivity contribution in [2.45, 2.75) is 6.54 Å². The van der Waals surface area contributed by atoms with E-state index in [0.29, 0.717) is 12.1 Å². The topological polar surface area (TPSA) is 70.7 Å². The number of benzene rings is 1. The van der Waals surface area contributed by atoms with E-state index in [1.807, 2.05) is 35.7 Å². The number of carbonyl (C=O) groups is 1. The molecule has 0 radical (unpaired) electrons. The second-order valence-corrected chi connectivity index (χ2v) is 6.29. The molecule has 2 N–H and O–H groups in total. The van der Waals surface area contributed by atoms with Gasteiger partial charge in [0.25, 0.3) is 5.91 Å². The van der Waals surface area contributed by atoms with Crippen LogP contribution in [0.5, 0.6) is 0 Å². The number of thiophene rings is 1. The second-order valence-electron chi connectivity index (χ2n) is 5.34. The highest BCUT2D eigenvalue weighted by Crippen LogP contribution is 2.23. The van der Waals surface area contributed by atoms with Gasteiger partial charge < -0.3 is 10.3 Å². The number of H-pyrrole nitrogens is 1. The Morgan fingerprint density at radius 2 is 2.12 bits per heavy atom. The van der Waals surface area contributed by atoms with Crippen LogP contribution in [0.2, 0.25) is 0 Å². The summed E-state index contributed by atoms with van der Waals surface area (Å²) in [6.07, 6.45) is 3.39. The van der Waals surface area contributed by atoms with E-state index in [0.717, 1.165) is 27.2 Å². The standard InChI is InChI=1S/C18H14N4OS/c23-18(13-3-4-14-15(9-13)22-11-21-14)20-10-12-5-6-19-16(8-12)17-2-1-7-24-17/h1-9,11H,10H2,(H,20,23)(H,21,22). The normalized spacial score (nSPS) is 10.8. The average molecular weight is 334 g/mol. The Hall–Kier alpha value is -2.99. The number of fused-ring (bicyclic) bond motifs is 1. The molecular weight excluding hydrogens is 320 g/mol. The Bertz CT molecular complexity index is 991. The van der Waals surface area contributed by atoms with Gasteiger partial charge in [-0.05, 0) is 47.3 Å². The minimum Gasteiger partial charge on any atom is -0.348 e. The number of pyridine rings is 1. The van der Waals surface area contributed by atoms with Gasteiger partial charge in [-0.25, -0.2) is 4.98 Å². The van der Waals surface area contributed by atoms with Gasteiger partial charge in [0.2, 0.25) is 0 Å². The maximum atomic E-state index is 12.3. The summed E-state index contributed by atoms with van der Waals surface area (Å²) in [5.41, 5.74) is 4.26. The summed E-state index contributed by atoms with van der Waals surface area (Å²) >= 11 is 1.65. The minimum atomic E-state index is -0.110. The van der Waals surface area contributed by atoms with E-state index in [-0.39, 0.29) is 5.91 Å². The van der Waals surface area contributed by atoms with E-state index >= 15 is 0 Å². The zero-order valence-electron chi connectivity index (χ0n) is 12.7. The highest BCUT2D eigenvalue weighted by molar-refractivity contribution is 7.13. The summed E-state index contributed by atoms with van der Waals surface area (Å²) < 4.78 is 0. The molecule has 0 atom stereocenters. The van der Waals surface area contributed by atoms with Crippen molar-refractivity contribution in [1.29, 1.82) is 0 Å². The van der Waals surface area contributed by atoms with Crippen LogP contribution in [0, 0.1) is 0 Å². The largest absolute Gasteiger partial charge is 0.348 e. The maximum Gasteiger partial charge on any atom is 0.251 e. The van der Waals surface area contributed by atoms with Crippen LogP contribution in [0.3, 0.4) is 0 Å². The highest BCUT2D eigenvalue weighted by Gasteiger charge is 2.08. The number of amides is 1. The maximum absolute atomic E-state index is 12.3. The quantitative estimate of drug-likeness (QED) is 0.599. The third-order valence-electron chi connectivity index (χ3n) is 3.73. The molecule has 0 spiro atoms.